The predicted molar refractivity (Wildman–Crippen MR) is 92.1 cm³/mol. The van der Waals surface area contributed by atoms with Crippen molar-refractivity contribution in [2.45, 2.75) is 26.0 Å². The van der Waals surface area contributed by atoms with Crippen LogP contribution in [0.5, 0.6) is 11.8 Å². The molecule has 0 aliphatic carbocycles. The van der Waals surface area contributed by atoms with E-state index >= 15 is 0 Å². The molecule has 2 aromatic heterocycles. The lowest BCUT2D eigenvalue weighted by atomic mass is 10.3. The number of para-hydroxylation sites is 2. The smallest absolute Gasteiger partial charge is 0.318 e. The Kier molecular flexibility index (Phi) is 4.10. The third kappa shape index (κ3) is 2.96. The Balaban J connectivity index is 1.75. The Morgan fingerprint density at radius 2 is 2.24 bits per heavy atom. The second-order valence-corrected chi connectivity index (χ2v) is 5.72. The van der Waals surface area contributed by atoms with Crippen LogP contribution in [0.15, 0.2) is 30.6 Å². The fraction of sp³-hybridized carbons (Fsp3) is 0.353. The molecule has 0 bridgehead atoms. The summed E-state index contributed by atoms with van der Waals surface area (Å²) in [6, 6.07) is 7.23. The first kappa shape index (κ1) is 15.6. The van der Waals surface area contributed by atoms with Gasteiger partial charge in [-0.1, -0.05) is 12.1 Å². The number of benzene rings is 1. The van der Waals surface area contributed by atoms with E-state index in [1.54, 1.807) is 6.33 Å². The number of rotatable bonds is 5. The molecule has 1 saturated heterocycles. The van der Waals surface area contributed by atoms with E-state index in [1.807, 2.05) is 35.8 Å². The second kappa shape index (κ2) is 6.56. The van der Waals surface area contributed by atoms with E-state index in [9.17, 15) is 5.11 Å². The van der Waals surface area contributed by atoms with Gasteiger partial charge in [-0.15, -0.1) is 0 Å². The lowest BCUT2D eigenvalue weighted by Gasteiger charge is -2.13. The van der Waals surface area contributed by atoms with Crippen LogP contribution in [-0.4, -0.2) is 37.8 Å². The van der Waals surface area contributed by atoms with Gasteiger partial charge in [0.25, 0.3) is 0 Å². The van der Waals surface area contributed by atoms with E-state index in [-0.39, 0.29) is 12.2 Å². The number of nitrogens with one attached hydrogen (secondary N) is 1. The molecule has 8 nitrogen and oxygen atoms in total. The van der Waals surface area contributed by atoms with Crippen LogP contribution in [0.2, 0.25) is 0 Å². The van der Waals surface area contributed by atoms with Crippen LogP contribution in [0.1, 0.15) is 26.0 Å². The van der Waals surface area contributed by atoms with Crippen molar-refractivity contribution in [1.82, 2.24) is 19.5 Å². The highest BCUT2D eigenvalue weighted by Gasteiger charge is 2.22. The van der Waals surface area contributed by atoms with Crippen molar-refractivity contribution >= 4 is 22.7 Å². The van der Waals surface area contributed by atoms with Gasteiger partial charge in [0.1, 0.15) is 12.0 Å². The van der Waals surface area contributed by atoms with Crippen molar-refractivity contribution in [2.75, 3.05) is 18.5 Å². The predicted octanol–water partition coefficient (Wildman–Crippen LogP) is 2.98. The van der Waals surface area contributed by atoms with Gasteiger partial charge in [0.05, 0.1) is 18.6 Å². The van der Waals surface area contributed by atoms with Crippen LogP contribution in [0.4, 0.5) is 11.5 Å². The fourth-order valence-corrected chi connectivity index (χ4v) is 2.96. The third-order valence-electron chi connectivity index (χ3n) is 4.07. The number of fused-ring (bicyclic) bond motifs is 1. The molecule has 1 aromatic carbocycles. The van der Waals surface area contributed by atoms with Crippen LogP contribution in [-0.2, 0) is 4.74 Å². The van der Waals surface area contributed by atoms with E-state index in [1.165, 1.54) is 0 Å². The van der Waals surface area contributed by atoms with Crippen molar-refractivity contribution in [3.63, 3.8) is 0 Å². The minimum atomic E-state index is -0.316. The number of hydrogen-bond donors (Lipinski definition) is 2. The molecule has 1 aliphatic rings. The molecular formula is C17H19N5O3. The van der Waals surface area contributed by atoms with E-state index in [0.717, 1.165) is 18.5 Å². The highest BCUT2D eigenvalue weighted by Crippen LogP contribution is 2.32. The van der Waals surface area contributed by atoms with E-state index in [0.29, 0.717) is 35.9 Å². The summed E-state index contributed by atoms with van der Waals surface area (Å²) in [5.41, 5.74) is 1.85. The van der Waals surface area contributed by atoms with Crippen molar-refractivity contribution < 1.29 is 14.6 Å². The zero-order chi connectivity index (χ0) is 17.2. The molecule has 1 fully saturated rings. The SMILES string of the molecule is CCOc1ccccc1Nc1nc(O)nc2c1ncn2C1CCCO1. The second-order valence-electron chi connectivity index (χ2n) is 5.72. The van der Waals surface area contributed by atoms with Crippen LogP contribution >= 0.6 is 0 Å². The van der Waals surface area contributed by atoms with Crippen LogP contribution < -0.4 is 10.1 Å². The zero-order valence-electron chi connectivity index (χ0n) is 13.8. The van der Waals surface area contributed by atoms with Crippen molar-refractivity contribution in [2.24, 2.45) is 0 Å². The van der Waals surface area contributed by atoms with Crippen LogP contribution in [0.25, 0.3) is 11.2 Å². The first-order valence-electron chi connectivity index (χ1n) is 8.30. The molecule has 1 unspecified atom stereocenters. The maximum atomic E-state index is 9.97. The molecule has 0 saturated carbocycles. The molecule has 2 N–H and O–H groups in total. The number of nitrogens with zero attached hydrogens (tertiary/aromatic N) is 4. The van der Waals surface area contributed by atoms with Crippen molar-refractivity contribution in [3.8, 4) is 11.8 Å². The molecule has 8 heteroatoms. The molecule has 25 heavy (non-hydrogen) atoms. The molecule has 4 rings (SSSR count). The lowest BCUT2D eigenvalue weighted by Crippen LogP contribution is -2.07. The van der Waals surface area contributed by atoms with E-state index < -0.39 is 0 Å². The number of ether oxygens (including phenoxy) is 2. The Bertz CT molecular complexity index is 889. The summed E-state index contributed by atoms with van der Waals surface area (Å²) < 4.78 is 13.2. The summed E-state index contributed by atoms with van der Waals surface area (Å²) in [6.45, 7) is 3.19. The highest BCUT2D eigenvalue weighted by atomic mass is 16.5. The average Bonchev–Trinajstić information content (AvgIpc) is 3.25. The molecule has 0 spiro atoms. The largest absolute Gasteiger partial charge is 0.492 e. The number of anilines is 2. The standard InChI is InChI=1S/C17H19N5O3/c1-2-24-12-7-4-3-6-11(12)19-15-14-16(21-17(23)20-15)22(10-18-14)13-8-5-9-25-13/h3-4,6-7,10,13H,2,5,8-9H2,1H3,(H2,19,20,21,23). The molecule has 1 aliphatic heterocycles. The van der Waals surface area contributed by atoms with Gasteiger partial charge in [0.2, 0.25) is 0 Å². The number of aromatic nitrogens is 4. The summed E-state index contributed by atoms with van der Waals surface area (Å²) >= 11 is 0. The van der Waals surface area contributed by atoms with Crippen LogP contribution in [0, 0.1) is 0 Å². The average molecular weight is 341 g/mol. The molecular weight excluding hydrogens is 322 g/mol. The Morgan fingerprint density at radius 3 is 3.04 bits per heavy atom. The monoisotopic (exact) mass is 341 g/mol. The first-order chi connectivity index (χ1) is 12.3. The minimum absolute atomic E-state index is 0.108. The van der Waals surface area contributed by atoms with Gasteiger partial charge < -0.3 is 19.9 Å². The van der Waals surface area contributed by atoms with Gasteiger partial charge in [0, 0.05) is 6.61 Å². The van der Waals surface area contributed by atoms with Gasteiger partial charge in [-0.05, 0) is 31.9 Å². The Labute approximate surface area is 144 Å². The molecule has 0 radical (unpaired) electrons. The number of hydrogen-bond acceptors (Lipinski definition) is 7. The lowest BCUT2D eigenvalue weighted by molar-refractivity contribution is 0.0592. The summed E-state index contributed by atoms with van der Waals surface area (Å²) in [7, 11) is 0. The zero-order valence-corrected chi connectivity index (χ0v) is 13.8. The molecule has 1 atom stereocenters. The van der Waals surface area contributed by atoms with Crippen molar-refractivity contribution in [3.05, 3.63) is 30.6 Å². The Morgan fingerprint density at radius 1 is 1.36 bits per heavy atom. The summed E-state index contributed by atoms with van der Waals surface area (Å²) in [6.07, 6.45) is 3.46. The first-order valence-corrected chi connectivity index (χ1v) is 8.30. The normalized spacial score (nSPS) is 17.1. The molecule has 3 aromatic rings. The number of imidazole rings is 1. The van der Waals surface area contributed by atoms with Gasteiger partial charge >= 0.3 is 6.01 Å². The third-order valence-corrected chi connectivity index (χ3v) is 4.07. The molecule has 3 heterocycles. The van der Waals surface area contributed by atoms with Crippen LogP contribution in [0.3, 0.4) is 0 Å². The quantitative estimate of drug-likeness (QED) is 0.736. The summed E-state index contributed by atoms with van der Waals surface area (Å²) in [5.74, 6) is 1.13. The Hall–Kier alpha value is -2.87. The van der Waals surface area contributed by atoms with E-state index in [4.69, 9.17) is 9.47 Å². The summed E-state index contributed by atoms with van der Waals surface area (Å²) in [4.78, 5) is 12.7. The maximum Gasteiger partial charge on any atom is 0.318 e. The molecule has 0 amide bonds. The molecule has 130 valence electrons. The van der Waals surface area contributed by atoms with Gasteiger partial charge in [-0.3, -0.25) is 4.57 Å². The van der Waals surface area contributed by atoms with E-state index in [2.05, 4.69) is 20.3 Å². The fourth-order valence-electron chi connectivity index (χ4n) is 2.96. The topological polar surface area (TPSA) is 94.3 Å². The summed E-state index contributed by atoms with van der Waals surface area (Å²) in [5, 5.41) is 13.2. The number of aromatic hydroxyl groups is 1. The minimum Gasteiger partial charge on any atom is -0.492 e. The van der Waals surface area contributed by atoms with Gasteiger partial charge in [-0.2, -0.15) is 9.97 Å². The highest BCUT2D eigenvalue weighted by molar-refractivity contribution is 5.86. The maximum absolute atomic E-state index is 9.97. The van der Waals surface area contributed by atoms with Crippen molar-refractivity contribution in [1.29, 1.82) is 0 Å². The van der Waals surface area contributed by atoms with Gasteiger partial charge in [-0.25, -0.2) is 4.98 Å². The van der Waals surface area contributed by atoms with Gasteiger partial charge in [0.15, 0.2) is 17.0 Å².